The van der Waals surface area contributed by atoms with E-state index in [0.717, 1.165) is 5.56 Å². The highest BCUT2D eigenvalue weighted by Crippen LogP contribution is 2.14. The van der Waals surface area contributed by atoms with E-state index in [0.29, 0.717) is 19.4 Å². The van der Waals surface area contributed by atoms with Gasteiger partial charge in [0.15, 0.2) is 0 Å². The molecule has 1 aliphatic rings. The molecule has 1 aromatic carbocycles. The van der Waals surface area contributed by atoms with Crippen LogP contribution in [-0.4, -0.2) is 36.1 Å². The molecule has 1 saturated heterocycles. The second kappa shape index (κ2) is 5.27. The molecule has 0 unspecified atom stereocenters. The van der Waals surface area contributed by atoms with Crippen molar-refractivity contribution in [1.82, 2.24) is 4.90 Å². The van der Waals surface area contributed by atoms with Crippen LogP contribution in [0.15, 0.2) is 30.3 Å². The quantitative estimate of drug-likeness (QED) is 0.836. The number of benzene rings is 1. The molecule has 17 heavy (non-hydrogen) atoms. The third-order valence-corrected chi connectivity index (χ3v) is 3.14. The third-order valence-electron chi connectivity index (χ3n) is 3.14. The van der Waals surface area contributed by atoms with E-state index >= 15 is 0 Å². The lowest BCUT2D eigenvalue weighted by Gasteiger charge is -2.32. The largest absolute Gasteiger partial charge is 0.339 e. The van der Waals surface area contributed by atoms with Crippen molar-refractivity contribution in [3.8, 4) is 0 Å². The van der Waals surface area contributed by atoms with Crippen LogP contribution in [0, 0.1) is 0 Å². The zero-order chi connectivity index (χ0) is 12.3. The molecule has 1 heterocycles. The van der Waals surface area contributed by atoms with Gasteiger partial charge < -0.3 is 10.6 Å². The molecular weight excluding hydrogens is 219 g/mol. The zero-order valence-corrected chi connectivity index (χ0v) is 9.68. The highest BCUT2D eigenvalue weighted by Gasteiger charge is 2.28. The predicted molar refractivity (Wildman–Crippen MR) is 64.2 cm³/mol. The SMILES string of the molecule is N[C@@H]1CCN(C(=O)Cc2ccccc2)C[C@H]1F. The summed E-state index contributed by atoms with van der Waals surface area (Å²) in [7, 11) is 0. The zero-order valence-electron chi connectivity index (χ0n) is 9.68. The molecule has 2 rings (SSSR count). The summed E-state index contributed by atoms with van der Waals surface area (Å²) in [6.45, 7) is 0.695. The molecule has 0 spiro atoms. The molecule has 2 atom stereocenters. The molecule has 0 bridgehead atoms. The molecule has 3 nitrogen and oxygen atoms in total. The van der Waals surface area contributed by atoms with E-state index in [-0.39, 0.29) is 12.5 Å². The number of hydrogen-bond acceptors (Lipinski definition) is 2. The summed E-state index contributed by atoms with van der Waals surface area (Å²) >= 11 is 0. The summed E-state index contributed by atoms with van der Waals surface area (Å²) < 4.78 is 13.4. The van der Waals surface area contributed by atoms with Gasteiger partial charge in [-0.2, -0.15) is 0 Å². The maximum Gasteiger partial charge on any atom is 0.227 e. The molecule has 0 radical (unpaired) electrons. The Morgan fingerprint density at radius 3 is 2.76 bits per heavy atom. The summed E-state index contributed by atoms with van der Waals surface area (Å²) in [4.78, 5) is 13.5. The van der Waals surface area contributed by atoms with Crippen LogP contribution in [0.2, 0.25) is 0 Å². The number of nitrogens with two attached hydrogens (primary N) is 1. The van der Waals surface area contributed by atoms with Gasteiger partial charge in [-0.1, -0.05) is 30.3 Å². The standard InChI is InChI=1S/C13H17FN2O/c14-11-9-16(7-6-12(11)15)13(17)8-10-4-2-1-3-5-10/h1-5,11-12H,6-9,15H2/t11-,12-/m1/s1. The fraction of sp³-hybridized carbons (Fsp3) is 0.462. The van der Waals surface area contributed by atoms with Crippen molar-refractivity contribution < 1.29 is 9.18 Å². The summed E-state index contributed by atoms with van der Waals surface area (Å²) in [6.07, 6.45) is -0.215. The van der Waals surface area contributed by atoms with Crippen molar-refractivity contribution in [2.45, 2.75) is 25.1 Å². The average molecular weight is 236 g/mol. The summed E-state index contributed by atoms with van der Waals surface area (Å²) in [5, 5.41) is 0. The van der Waals surface area contributed by atoms with E-state index in [1.165, 1.54) is 0 Å². The van der Waals surface area contributed by atoms with Gasteiger partial charge in [0.2, 0.25) is 5.91 Å². The Balaban J connectivity index is 1.93. The number of piperidine rings is 1. The van der Waals surface area contributed by atoms with Gasteiger partial charge in [-0.25, -0.2) is 4.39 Å². The first-order chi connectivity index (χ1) is 8.16. The van der Waals surface area contributed by atoms with E-state index < -0.39 is 12.2 Å². The van der Waals surface area contributed by atoms with Gasteiger partial charge in [-0.15, -0.1) is 0 Å². The fourth-order valence-corrected chi connectivity index (χ4v) is 2.03. The van der Waals surface area contributed by atoms with Gasteiger partial charge in [-0.3, -0.25) is 4.79 Å². The van der Waals surface area contributed by atoms with Crippen LogP contribution in [-0.2, 0) is 11.2 Å². The molecule has 1 aromatic rings. The molecular formula is C13H17FN2O. The summed E-state index contributed by atoms with van der Waals surface area (Å²) in [5.74, 6) is -0.0225. The first-order valence-corrected chi connectivity index (χ1v) is 5.88. The number of halogens is 1. The first kappa shape index (κ1) is 12.0. The van der Waals surface area contributed by atoms with E-state index in [4.69, 9.17) is 5.73 Å². The Kier molecular flexibility index (Phi) is 3.74. The van der Waals surface area contributed by atoms with Gasteiger partial charge in [0.05, 0.1) is 13.0 Å². The monoisotopic (exact) mass is 236 g/mol. The smallest absolute Gasteiger partial charge is 0.227 e. The van der Waals surface area contributed by atoms with E-state index in [2.05, 4.69) is 0 Å². The average Bonchev–Trinajstić information content (AvgIpc) is 2.34. The Bertz CT molecular complexity index is 382. The van der Waals surface area contributed by atoms with Gasteiger partial charge in [0.1, 0.15) is 6.17 Å². The van der Waals surface area contributed by atoms with E-state index in [1.807, 2.05) is 30.3 Å². The van der Waals surface area contributed by atoms with Crippen LogP contribution < -0.4 is 5.73 Å². The van der Waals surface area contributed by atoms with Crippen molar-refractivity contribution in [1.29, 1.82) is 0 Å². The third kappa shape index (κ3) is 3.03. The highest BCUT2D eigenvalue weighted by atomic mass is 19.1. The second-order valence-electron chi connectivity index (χ2n) is 4.47. The maximum atomic E-state index is 13.4. The molecule has 0 saturated carbocycles. The van der Waals surface area contributed by atoms with Crippen molar-refractivity contribution in [2.75, 3.05) is 13.1 Å². The van der Waals surface area contributed by atoms with Crippen LogP contribution in [0.5, 0.6) is 0 Å². The van der Waals surface area contributed by atoms with Crippen molar-refractivity contribution >= 4 is 5.91 Å². The molecule has 1 aliphatic heterocycles. The minimum atomic E-state index is -1.09. The number of rotatable bonds is 2. The number of nitrogens with zero attached hydrogens (tertiary/aromatic N) is 1. The second-order valence-corrected chi connectivity index (χ2v) is 4.47. The molecule has 0 aliphatic carbocycles. The summed E-state index contributed by atoms with van der Waals surface area (Å²) in [6, 6.07) is 9.09. The number of hydrogen-bond donors (Lipinski definition) is 1. The van der Waals surface area contributed by atoms with Crippen molar-refractivity contribution in [3.63, 3.8) is 0 Å². The van der Waals surface area contributed by atoms with Crippen molar-refractivity contribution in [2.24, 2.45) is 5.73 Å². The Morgan fingerprint density at radius 1 is 1.41 bits per heavy atom. The molecule has 4 heteroatoms. The number of likely N-dealkylation sites (tertiary alicyclic amines) is 1. The number of carbonyl (C=O) groups is 1. The van der Waals surface area contributed by atoms with Gasteiger partial charge in [0.25, 0.3) is 0 Å². The van der Waals surface area contributed by atoms with Gasteiger partial charge in [0, 0.05) is 12.6 Å². The predicted octanol–water partition coefficient (Wildman–Crippen LogP) is 1.13. The lowest BCUT2D eigenvalue weighted by Crippen LogP contribution is -2.50. The van der Waals surface area contributed by atoms with Gasteiger partial charge in [-0.05, 0) is 12.0 Å². The van der Waals surface area contributed by atoms with Crippen LogP contribution in [0.4, 0.5) is 4.39 Å². The molecule has 1 fully saturated rings. The van der Waals surface area contributed by atoms with Crippen LogP contribution >= 0.6 is 0 Å². The number of amides is 1. The minimum Gasteiger partial charge on any atom is -0.339 e. The molecule has 2 N–H and O–H groups in total. The van der Waals surface area contributed by atoms with E-state index in [1.54, 1.807) is 4.90 Å². The Morgan fingerprint density at radius 2 is 2.12 bits per heavy atom. The molecule has 1 amide bonds. The minimum absolute atomic E-state index is 0.0225. The summed E-state index contributed by atoms with van der Waals surface area (Å²) in [5.41, 5.74) is 6.54. The number of carbonyl (C=O) groups excluding carboxylic acids is 1. The number of alkyl halides is 1. The highest BCUT2D eigenvalue weighted by molar-refractivity contribution is 5.78. The van der Waals surface area contributed by atoms with Crippen LogP contribution in [0.3, 0.4) is 0 Å². The lowest BCUT2D eigenvalue weighted by atomic mass is 10.0. The van der Waals surface area contributed by atoms with Crippen LogP contribution in [0.1, 0.15) is 12.0 Å². The van der Waals surface area contributed by atoms with Crippen molar-refractivity contribution in [3.05, 3.63) is 35.9 Å². The van der Waals surface area contributed by atoms with E-state index in [9.17, 15) is 9.18 Å². The fourth-order valence-electron chi connectivity index (χ4n) is 2.03. The maximum absolute atomic E-state index is 13.4. The first-order valence-electron chi connectivity index (χ1n) is 5.88. The van der Waals surface area contributed by atoms with Gasteiger partial charge >= 0.3 is 0 Å². The topological polar surface area (TPSA) is 46.3 Å². The Labute approximate surface area is 100 Å². The molecule has 0 aromatic heterocycles. The Hall–Kier alpha value is -1.42. The van der Waals surface area contributed by atoms with Crippen LogP contribution in [0.25, 0.3) is 0 Å². The lowest BCUT2D eigenvalue weighted by molar-refractivity contribution is -0.132. The normalized spacial score (nSPS) is 24.7. The molecule has 92 valence electrons.